The van der Waals surface area contributed by atoms with Gasteiger partial charge in [0.05, 0.1) is 5.69 Å². The molecule has 0 heterocycles. The summed E-state index contributed by atoms with van der Waals surface area (Å²) in [6, 6.07) is 10.2. The Labute approximate surface area is 91.4 Å². The van der Waals surface area contributed by atoms with Crippen LogP contribution in [0.5, 0.6) is 0 Å². The molecule has 0 bridgehead atoms. The third kappa shape index (κ3) is 3.31. The number of rotatable bonds is 3. The van der Waals surface area contributed by atoms with Crippen LogP contribution in [0.2, 0.25) is 0 Å². The fourth-order valence-electron chi connectivity index (χ4n) is 1.80. The minimum absolute atomic E-state index is 1.11. The lowest BCUT2D eigenvalue weighted by Gasteiger charge is -2.11. The lowest BCUT2D eigenvalue weighted by Crippen LogP contribution is -2.20. The van der Waals surface area contributed by atoms with E-state index in [1.54, 1.807) is 0 Å². The fraction of sp³-hybridized carbons (Fsp3) is 0.385. The standard InChI is InChI=1S/C13H18N2/c1-2-5-9-12(8-4-1)14-15-13-10-6-3-7-11-13/h3,6-8,10-11,14-15H,1-2,4-5,9H2. The van der Waals surface area contributed by atoms with E-state index in [-0.39, 0.29) is 0 Å². The Bertz CT molecular complexity index is 317. The van der Waals surface area contributed by atoms with Gasteiger partial charge in [0, 0.05) is 5.70 Å². The normalized spacial score (nSPS) is 16.4. The molecule has 1 aromatic rings. The van der Waals surface area contributed by atoms with Crippen LogP contribution >= 0.6 is 0 Å². The van der Waals surface area contributed by atoms with E-state index in [9.17, 15) is 0 Å². The van der Waals surface area contributed by atoms with Crippen molar-refractivity contribution in [1.29, 1.82) is 0 Å². The van der Waals surface area contributed by atoms with Crippen molar-refractivity contribution in [3.8, 4) is 0 Å². The molecule has 0 spiro atoms. The van der Waals surface area contributed by atoms with Crippen LogP contribution in [0.1, 0.15) is 32.1 Å². The van der Waals surface area contributed by atoms with Gasteiger partial charge in [-0.1, -0.05) is 30.7 Å². The summed E-state index contributed by atoms with van der Waals surface area (Å²) in [4.78, 5) is 0. The molecule has 2 heteroatoms. The van der Waals surface area contributed by atoms with Crippen molar-refractivity contribution in [3.05, 3.63) is 42.1 Å². The lowest BCUT2D eigenvalue weighted by atomic mass is 10.2. The number of hydrogen-bond donors (Lipinski definition) is 2. The molecule has 0 amide bonds. The lowest BCUT2D eigenvalue weighted by molar-refractivity contribution is 0.698. The molecule has 0 atom stereocenters. The van der Waals surface area contributed by atoms with Crippen molar-refractivity contribution >= 4 is 5.69 Å². The maximum Gasteiger partial charge on any atom is 0.0539 e. The molecule has 2 nitrogen and oxygen atoms in total. The predicted molar refractivity (Wildman–Crippen MR) is 64.4 cm³/mol. The van der Waals surface area contributed by atoms with Gasteiger partial charge in [-0.3, -0.25) is 0 Å². The second-order valence-corrected chi connectivity index (χ2v) is 3.94. The molecular weight excluding hydrogens is 184 g/mol. The Balaban J connectivity index is 1.84. The van der Waals surface area contributed by atoms with Crippen LogP contribution < -0.4 is 10.9 Å². The zero-order valence-electron chi connectivity index (χ0n) is 9.00. The molecule has 1 aromatic carbocycles. The first-order chi connectivity index (χ1) is 7.45. The minimum atomic E-state index is 1.11. The Morgan fingerprint density at radius 1 is 0.867 bits per heavy atom. The van der Waals surface area contributed by atoms with Crippen LogP contribution in [0.4, 0.5) is 5.69 Å². The minimum Gasteiger partial charge on any atom is -0.305 e. The maximum atomic E-state index is 3.29. The summed E-state index contributed by atoms with van der Waals surface area (Å²) in [5.74, 6) is 0. The van der Waals surface area contributed by atoms with Gasteiger partial charge in [0.2, 0.25) is 0 Å². The van der Waals surface area contributed by atoms with Gasteiger partial charge in [-0.05, 0) is 37.8 Å². The van der Waals surface area contributed by atoms with Crippen molar-refractivity contribution < 1.29 is 0 Å². The maximum absolute atomic E-state index is 3.29. The number of hydrazine groups is 1. The Kier molecular flexibility index (Phi) is 3.66. The monoisotopic (exact) mass is 202 g/mol. The molecule has 0 unspecified atom stereocenters. The summed E-state index contributed by atoms with van der Waals surface area (Å²) < 4.78 is 0. The van der Waals surface area contributed by atoms with Crippen molar-refractivity contribution in [2.45, 2.75) is 32.1 Å². The van der Waals surface area contributed by atoms with Gasteiger partial charge >= 0.3 is 0 Å². The van der Waals surface area contributed by atoms with Gasteiger partial charge in [0.25, 0.3) is 0 Å². The largest absolute Gasteiger partial charge is 0.305 e. The van der Waals surface area contributed by atoms with Crippen molar-refractivity contribution in [2.75, 3.05) is 5.43 Å². The molecule has 2 N–H and O–H groups in total. The van der Waals surface area contributed by atoms with Crippen LogP contribution in [0.15, 0.2) is 42.1 Å². The molecule has 80 valence electrons. The van der Waals surface area contributed by atoms with E-state index in [0.717, 1.165) is 5.69 Å². The summed E-state index contributed by atoms with van der Waals surface area (Å²) in [6.07, 6.45) is 8.67. The first-order valence-corrected chi connectivity index (χ1v) is 5.71. The number of hydrogen-bond acceptors (Lipinski definition) is 2. The van der Waals surface area contributed by atoms with Crippen LogP contribution in [-0.4, -0.2) is 0 Å². The van der Waals surface area contributed by atoms with E-state index in [4.69, 9.17) is 0 Å². The smallest absolute Gasteiger partial charge is 0.0539 e. The van der Waals surface area contributed by atoms with E-state index >= 15 is 0 Å². The van der Waals surface area contributed by atoms with Gasteiger partial charge in [-0.2, -0.15) is 0 Å². The van der Waals surface area contributed by atoms with E-state index in [0.29, 0.717) is 0 Å². The predicted octanol–water partition coefficient (Wildman–Crippen LogP) is 3.45. The second-order valence-electron chi connectivity index (χ2n) is 3.94. The zero-order chi connectivity index (χ0) is 10.3. The van der Waals surface area contributed by atoms with E-state index in [1.165, 1.54) is 37.8 Å². The molecule has 0 saturated carbocycles. The highest BCUT2D eigenvalue weighted by molar-refractivity contribution is 5.41. The van der Waals surface area contributed by atoms with Crippen molar-refractivity contribution in [1.82, 2.24) is 5.43 Å². The van der Waals surface area contributed by atoms with Crippen LogP contribution in [0.25, 0.3) is 0 Å². The summed E-state index contributed by atoms with van der Waals surface area (Å²) in [5.41, 5.74) is 8.96. The average Bonchev–Trinajstić information content (AvgIpc) is 2.56. The molecular formula is C13H18N2. The van der Waals surface area contributed by atoms with Crippen LogP contribution in [-0.2, 0) is 0 Å². The SMILES string of the molecule is C1=C(NNc2ccccc2)CCCCC1. The molecule has 0 aliphatic heterocycles. The van der Waals surface area contributed by atoms with E-state index in [1.807, 2.05) is 18.2 Å². The first-order valence-electron chi connectivity index (χ1n) is 5.71. The zero-order valence-corrected chi connectivity index (χ0v) is 9.00. The van der Waals surface area contributed by atoms with Gasteiger partial charge in [-0.25, -0.2) is 0 Å². The van der Waals surface area contributed by atoms with Crippen molar-refractivity contribution in [2.24, 2.45) is 0 Å². The number of anilines is 1. The van der Waals surface area contributed by atoms with Gasteiger partial charge < -0.3 is 10.9 Å². The summed E-state index contributed by atoms with van der Waals surface area (Å²) in [7, 11) is 0. The van der Waals surface area contributed by atoms with Gasteiger partial charge in [0.1, 0.15) is 0 Å². The van der Waals surface area contributed by atoms with Crippen molar-refractivity contribution in [3.63, 3.8) is 0 Å². The highest BCUT2D eigenvalue weighted by Crippen LogP contribution is 2.15. The fourth-order valence-corrected chi connectivity index (χ4v) is 1.80. The molecule has 0 saturated heterocycles. The quantitative estimate of drug-likeness (QED) is 0.733. The topological polar surface area (TPSA) is 24.1 Å². The number of allylic oxidation sites excluding steroid dienone is 2. The van der Waals surface area contributed by atoms with E-state index < -0.39 is 0 Å². The number of benzene rings is 1. The van der Waals surface area contributed by atoms with E-state index in [2.05, 4.69) is 29.1 Å². The summed E-state index contributed by atoms with van der Waals surface area (Å²) in [5, 5.41) is 0. The number of para-hydroxylation sites is 1. The molecule has 1 aliphatic rings. The first kappa shape index (κ1) is 10.1. The molecule has 0 fully saturated rings. The Morgan fingerprint density at radius 2 is 1.73 bits per heavy atom. The highest BCUT2D eigenvalue weighted by Gasteiger charge is 2.01. The molecule has 1 aliphatic carbocycles. The molecule has 0 aromatic heterocycles. The summed E-state index contributed by atoms with van der Waals surface area (Å²) >= 11 is 0. The van der Waals surface area contributed by atoms with Crippen LogP contribution in [0, 0.1) is 0 Å². The van der Waals surface area contributed by atoms with Crippen LogP contribution in [0.3, 0.4) is 0 Å². The third-order valence-corrected chi connectivity index (χ3v) is 2.68. The second kappa shape index (κ2) is 5.44. The molecule has 15 heavy (non-hydrogen) atoms. The van der Waals surface area contributed by atoms with Gasteiger partial charge in [0.15, 0.2) is 0 Å². The summed E-state index contributed by atoms with van der Waals surface area (Å²) in [6.45, 7) is 0. The Hall–Kier alpha value is -1.44. The van der Waals surface area contributed by atoms with Gasteiger partial charge in [-0.15, -0.1) is 0 Å². The Morgan fingerprint density at radius 3 is 2.60 bits per heavy atom. The molecule has 2 rings (SSSR count). The third-order valence-electron chi connectivity index (χ3n) is 2.68. The number of nitrogens with one attached hydrogen (secondary N) is 2. The highest BCUT2D eigenvalue weighted by atomic mass is 15.4. The molecule has 0 radical (unpaired) electrons. The average molecular weight is 202 g/mol.